The highest BCUT2D eigenvalue weighted by atomic mass is 79.9. The van der Waals surface area contributed by atoms with Crippen LogP contribution in [0.1, 0.15) is 33.6 Å². The Labute approximate surface area is 77.6 Å². The average molecular weight is 221 g/mol. The number of hydrogen-bond acceptors (Lipinski definition) is 1. The maximum Gasteiger partial charge on any atom is 0.0600 e. The van der Waals surface area contributed by atoms with Gasteiger partial charge >= 0.3 is 0 Å². The lowest BCUT2D eigenvalue weighted by molar-refractivity contribution is -0.0575. The van der Waals surface area contributed by atoms with Gasteiger partial charge < -0.3 is 4.74 Å². The van der Waals surface area contributed by atoms with Crippen LogP contribution in [0.5, 0.6) is 0 Å². The van der Waals surface area contributed by atoms with Crippen molar-refractivity contribution in [2.75, 3.05) is 0 Å². The van der Waals surface area contributed by atoms with E-state index < -0.39 is 0 Å². The van der Waals surface area contributed by atoms with Gasteiger partial charge in [0.25, 0.3) is 0 Å². The van der Waals surface area contributed by atoms with E-state index >= 15 is 0 Å². The summed E-state index contributed by atoms with van der Waals surface area (Å²) in [6.45, 7) is 6.57. The minimum Gasteiger partial charge on any atom is -0.375 e. The van der Waals surface area contributed by atoms with Crippen molar-refractivity contribution in [2.24, 2.45) is 5.92 Å². The molecule has 2 heteroatoms. The lowest BCUT2D eigenvalue weighted by Gasteiger charge is -2.34. The Morgan fingerprint density at radius 1 is 1.27 bits per heavy atom. The van der Waals surface area contributed by atoms with Crippen LogP contribution in [0.3, 0.4) is 0 Å². The van der Waals surface area contributed by atoms with Crippen molar-refractivity contribution in [3.8, 4) is 0 Å². The van der Waals surface area contributed by atoms with Crippen LogP contribution in [0.4, 0.5) is 0 Å². The topological polar surface area (TPSA) is 9.23 Å². The van der Waals surface area contributed by atoms with E-state index in [2.05, 4.69) is 36.7 Å². The third kappa shape index (κ3) is 2.75. The lowest BCUT2D eigenvalue weighted by atomic mass is 9.95. The molecule has 0 heterocycles. The molecular weight excluding hydrogens is 204 g/mol. The summed E-state index contributed by atoms with van der Waals surface area (Å²) in [4.78, 5) is 0.715. The smallest absolute Gasteiger partial charge is 0.0600 e. The van der Waals surface area contributed by atoms with Crippen LogP contribution in [-0.2, 0) is 4.74 Å². The number of alkyl halides is 1. The molecule has 0 amide bonds. The van der Waals surface area contributed by atoms with E-state index in [1.165, 1.54) is 12.8 Å². The molecule has 1 rings (SSSR count). The molecule has 0 saturated heterocycles. The second kappa shape index (κ2) is 3.90. The second-order valence-electron chi connectivity index (χ2n) is 3.78. The maximum atomic E-state index is 5.79. The van der Waals surface area contributed by atoms with Crippen molar-refractivity contribution in [3.05, 3.63) is 0 Å². The van der Waals surface area contributed by atoms with Crippen LogP contribution in [0, 0.1) is 5.92 Å². The van der Waals surface area contributed by atoms with E-state index in [0.29, 0.717) is 23.0 Å². The van der Waals surface area contributed by atoms with Crippen LogP contribution in [-0.4, -0.2) is 17.0 Å². The molecule has 0 radical (unpaired) electrons. The highest BCUT2D eigenvalue weighted by molar-refractivity contribution is 9.09. The molecule has 11 heavy (non-hydrogen) atoms. The Kier molecular flexibility index (Phi) is 3.38. The molecular formula is C9H17BrO. The van der Waals surface area contributed by atoms with Crippen molar-refractivity contribution in [1.82, 2.24) is 0 Å². The van der Waals surface area contributed by atoms with Crippen molar-refractivity contribution in [1.29, 1.82) is 0 Å². The summed E-state index contributed by atoms with van der Waals surface area (Å²) in [5, 5.41) is 0. The Hall–Kier alpha value is 0.440. The van der Waals surface area contributed by atoms with Gasteiger partial charge in [-0.25, -0.2) is 0 Å². The van der Waals surface area contributed by atoms with Gasteiger partial charge in [0, 0.05) is 4.83 Å². The zero-order chi connectivity index (χ0) is 8.43. The molecule has 1 aliphatic rings. The molecule has 0 aromatic carbocycles. The zero-order valence-corrected chi connectivity index (χ0v) is 9.10. The van der Waals surface area contributed by atoms with Gasteiger partial charge in [0.1, 0.15) is 0 Å². The Bertz CT molecular complexity index is 119. The summed E-state index contributed by atoms with van der Waals surface area (Å²) < 4.78 is 5.79. The fourth-order valence-electron chi connectivity index (χ4n) is 1.07. The van der Waals surface area contributed by atoms with E-state index in [0.717, 1.165) is 0 Å². The maximum absolute atomic E-state index is 5.79. The van der Waals surface area contributed by atoms with Gasteiger partial charge in [-0.1, -0.05) is 29.8 Å². The summed E-state index contributed by atoms with van der Waals surface area (Å²) in [5.41, 5.74) is 0. The first-order chi connectivity index (χ1) is 5.09. The highest BCUT2D eigenvalue weighted by Gasteiger charge is 2.29. The zero-order valence-electron chi connectivity index (χ0n) is 7.51. The lowest BCUT2D eigenvalue weighted by Crippen LogP contribution is -2.35. The van der Waals surface area contributed by atoms with Gasteiger partial charge in [-0.2, -0.15) is 0 Å². The molecule has 1 unspecified atom stereocenters. The summed E-state index contributed by atoms with van der Waals surface area (Å²) in [6, 6.07) is 0. The summed E-state index contributed by atoms with van der Waals surface area (Å²) in [7, 11) is 0. The van der Waals surface area contributed by atoms with Gasteiger partial charge in [-0.15, -0.1) is 0 Å². The van der Waals surface area contributed by atoms with Gasteiger partial charge in [0.15, 0.2) is 0 Å². The predicted octanol–water partition coefficient (Wildman–Crippen LogP) is 2.97. The molecule has 0 N–H and O–H groups in total. The van der Waals surface area contributed by atoms with Gasteiger partial charge in [0.2, 0.25) is 0 Å². The molecule has 0 bridgehead atoms. The quantitative estimate of drug-likeness (QED) is 0.665. The van der Waals surface area contributed by atoms with E-state index in [4.69, 9.17) is 4.74 Å². The van der Waals surface area contributed by atoms with Gasteiger partial charge in [-0.05, 0) is 25.7 Å². The Morgan fingerprint density at radius 2 is 1.82 bits per heavy atom. The number of rotatable bonds is 3. The van der Waals surface area contributed by atoms with Crippen LogP contribution in [0.2, 0.25) is 0 Å². The van der Waals surface area contributed by atoms with Crippen molar-refractivity contribution in [2.45, 2.75) is 50.6 Å². The Balaban J connectivity index is 2.11. The minimum atomic E-state index is 0.417. The molecule has 1 fully saturated rings. The first-order valence-corrected chi connectivity index (χ1v) is 5.30. The van der Waals surface area contributed by atoms with E-state index in [-0.39, 0.29) is 0 Å². The number of hydrogen-bond donors (Lipinski definition) is 0. The number of ether oxygens (including phenoxy) is 1. The standard InChI is InChI=1S/C9H17BrO/c1-6(2)7(3)11-9-4-8(10)5-9/h6-9H,4-5H2,1-3H3. The summed E-state index contributed by atoms with van der Waals surface area (Å²) >= 11 is 3.55. The summed E-state index contributed by atoms with van der Waals surface area (Å²) in [5.74, 6) is 0.643. The minimum absolute atomic E-state index is 0.417. The fraction of sp³-hybridized carbons (Fsp3) is 1.00. The van der Waals surface area contributed by atoms with Crippen molar-refractivity contribution in [3.63, 3.8) is 0 Å². The number of halogens is 1. The third-order valence-electron chi connectivity index (χ3n) is 2.38. The van der Waals surface area contributed by atoms with Crippen molar-refractivity contribution < 1.29 is 4.74 Å². The van der Waals surface area contributed by atoms with Crippen molar-refractivity contribution >= 4 is 15.9 Å². The molecule has 0 aliphatic heterocycles. The van der Waals surface area contributed by atoms with Crippen LogP contribution >= 0.6 is 15.9 Å². The predicted molar refractivity (Wildman–Crippen MR) is 51.1 cm³/mol. The molecule has 0 spiro atoms. The fourth-order valence-corrected chi connectivity index (χ4v) is 1.91. The average Bonchev–Trinajstić information content (AvgIpc) is 1.84. The van der Waals surface area contributed by atoms with Gasteiger partial charge in [-0.3, -0.25) is 0 Å². The van der Waals surface area contributed by atoms with Crippen LogP contribution in [0.15, 0.2) is 0 Å². The van der Waals surface area contributed by atoms with Gasteiger partial charge in [0.05, 0.1) is 12.2 Å². The molecule has 66 valence electrons. The molecule has 0 aromatic rings. The first kappa shape index (κ1) is 9.53. The molecule has 0 aromatic heterocycles. The SMILES string of the molecule is CC(C)C(C)OC1CC(Br)C1. The van der Waals surface area contributed by atoms with E-state index in [1.807, 2.05) is 0 Å². The summed E-state index contributed by atoms with van der Waals surface area (Å²) in [6.07, 6.45) is 3.32. The first-order valence-electron chi connectivity index (χ1n) is 4.39. The van der Waals surface area contributed by atoms with E-state index in [1.54, 1.807) is 0 Å². The molecule has 1 saturated carbocycles. The molecule has 1 nitrogen and oxygen atoms in total. The van der Waals surface area contributed by atoms with Crippen LogP contribution in [0.25, 0.3) is 0 Å². The molecule has 1 atom stereocenters. The van der Waals surface area contributed by atoms with Crippen LogP contribution < -0.4 is 0 Å². The Morgan fingerprint density at radius 3 is 2.18 bits per heavy atom. The highest BCUT2D eigenvalue weighted by Crippen LogP contribution is 2.31. The third-order valence-corrected chi connectivity index (χ3v) is 3.13. The second-order valence-corrected chi connectivity index (χ2v) is 5.07. The molecule has 1 aliphatic carbocycles. The largest absolute Gasteiger partial charge is 0.375 e. The monoisotopic (exact) mass is 220 g/mol. The normalized spacial score (nSPS) is 33.5. The van der Waals surface area contributed by atoms with E-state index in [9.17, 15) is 0 Å².